The SMILES string of the molecule is O=C1CN(C(=O)c2cc(-c3cccnc3)c(N3CCOCC3)s2)CCN1. The number of hydrogen-bond acceptors (Lipinski definition) is 6. The summed E-state index contributed by atoms with van der Waals surface area (Å²) in [7, 11) is 0. The van der Waals surface area contributed by atoms with Gasteiger partial charge in [-0.3, -0.25) is 14.6 Å². The second-order valence-electron chi connectivity index (χ2n) is 6.25. The van der Waals surface area contributed by atoms with Crippen molar-refractivity contribution >= 4 is 28.2 Å². The highest BCUT2D eigenvalue weighted by atomic mass is 32.1. The molecule has 2 fully saturated rings. The van der Waals surface area contributed by atoms with E-state index in [-0.39, 0.29) is 18.4 Å². The van der Waals surface area contributed by atoms with Crippen LogP contribution >= 0.6 is 11.3 Å². The predicted octanol–water partition coefficient (Wildman–Crippen LogP) is 1.22. The first-order chi connectivity index (χ1) is 12.7. The van der Waals surface area contributed by atoms with Crippen LogP contribution < -0.4 is 10.2 Å². The summed E-state index contributed by atoms with van der Waals surface area (Å²) in [6.45, 7) is 4.12. The molecule has 0 atom stereocenters. The molecule has 2 aromatic heterocycles. The third kappa shape index (κ3) is 3.42. The maximum Gasteiger partial charge on any atom is 0.264 e. The summed E-state index contributed by atoms with van der Waals surface area (Å²) >= 11 is 1.48. The van der Waals surface area contributed by atoms with E-state index in [0.29, 0.717) is 31.2 Å². The van der Waals surface area contributed by atoms with E-state index in [1.165, 1.54) is 11.3 Å². The summed E-state index contributed by atoms with van der Waals surface area (Å²) in [6.07, 6.45) is 3.55. The van der Waals surface area contributed by atoms with Gasteiger partial charge in [0.1, 0.15) is 0 Å². The van der Waals surface area contributed by atoms with Crippen molar-refractivity contribution in [1.82, 2.24) is 15.2 Å². The second-order valence-corrected chi connectivity index (χ2v) is 7.28. The number of carbonyl (C=O) groups is 2. The lowest BCUT2D eigenvalue weighted by Gasteiger charge is -2.28. The number of nitrogens with one attached hydrogen (secondary N) is 1. The molecule has 8 heteroatoms. The molecule has 0 radical (unpaired) electrons. The number of aromatic nitrogens is 1. The Balaban J connectivity index is 1.68. The highest BCUT2D eigenvalue weighted by Crippen LogP contribution is 2.39. The topological polar surface area (TPSA) is 74.8 Å². The molecule has 0 saturated carbocycles. The zero-order valence-electron chi connectivity index (χ0n) is 14.3. The fraction of sp³-hybridized carbons (Fsp3) is 0.389. The number of hydrogen-bond donors (Lipinski definition) is 1. The number of amides is 2. The van der Waals surface area contributed by atoms with Crippen LogP contribution in [0.15, 0.2) is 30.6 Å². The van der Waals surface area contributed by atoms with E-state index in [1.807, 2.05) is 24.4 Å². The summed E-state index contributed by atoms with van der Waals surface area (Å²) in [5, 5.41) is 3.81. The molecule has 2 saturated heterocycles. The molecule has 2 aliphatic rings. The molecule has 4 heterocycles. The Kier molecular flexibility index (Phi) is 4.85. The van der Waals surface area contributed by atoms with Crippen LogP contribution in [-0.2, 0) is 9.53 Å². The van der Waals surface area contributed by atoms with E-state index >= 15 is 0 Å². The van der Waals surface area contributed by atoms with Gasteiger partial charge in [0, 0.05) is 49.7 Å². The maximum atomic E-state index is 12.9. The van der Waals surface area contributed by atoms with Crippen LogP contribution in [0.4, 0.5) is 5.00 Å². The molecule has 2 aliphatic heterocycles. The van der Waals surface area contributed by atoms with Crippen molar-refractivity contribution < 1.29 is 14.3 Å². The second kappa shape index (κ2) is 7.43. The number of piperazine rings is 1. The van der Waals surface area contributed by atoms with E-state index in [1.54, 1.807) is 11.1 Å². The molecule has 0 aromatic carbocycles. The van der Waals surface area contributed by atoms with Crippen molar-refractivity contribution in [2.24, 2.45) is 0 Å². The van der Waals surface area contributed by atoms with Gasteiger partial charge in [-0.25, -0.2) is 0 Å². The average Bonchev–Trinajstić information content (AvgIpc) is 3.14. The van der Waals surface area contributed by atoms with Crippen LogP contribution in [0.5, 0.6) is 0 Å². The maximum absolute atomic E-state index is 12.9. The van der Waals surface area contributed by atoms with E-state index in [4.69, 9.17) is 4.74 Å². The molecule has 0 bridgehead atoms. The quantitative estimate of drug-likeness (QED) is 0.877. The minimum Gasteiger partial charge on any atom is -0.378 e. The van der Waals surface area contributed by atoms with E-state index in [9.17, 15) is 9.59 Å². The molecule has 4 rings (SSSR count). The molecule has 136 valence electrons. The van der Waals surface area contributed by atoms with E-state index in [2.05, 4.69) is 15.2 Å². The number of nitrogens with zero attached hydrogens (tertiary/aromatic N) is 3. The van der Waals surface area contributed by atoms with Gasteiger partial charge in [0.2, 0.25) is 5.91 Å². The summed E-state index contributed by atoms with van der Waals surface area (Å²) < 4.78 is 5.46. The van der Waals surface area contributed by atoms with Gasteiger partial charge in [-0.1, -0.05) is 6.07 Å². The number of morpholine rings is 1. The first-order valence-electron chi connectivity index (χ1n) is 8.65. The monoisotopic (exact) mass is 372 g/mol. The van der Waals surface area contributed by atoms with Crippen LogP contribution in [-0.4, -0.2) is 67.6 Å². The van der Waals surface area contributed by atoms with Crippen molar-refractivity contribution in [1.29, 1.82) is 0 Å². The van der Waals surface area contributed by atoms with E-state index in [0.717, 1.165) is 29.2 Å². The smallest absolute Gasteiger partial charge is 0.264 e. The largest absolute Gasteiger partial charge is 0.378 e. The molecule has 26 heavy (non-hydrogen) atoms. The Morgan fingerprint density at radius 2 is 2.12 bits per heavy atom. The lowest BCUT2D eigenvalue weighted by Crippen LogP contribution is -2.49. The fourth-order valence-electron chi connectivity index (χ4n) is 3.18. The van der Waals surface area contributed by atoms with Crippen molar-refractivity contribution in [2.45, 2.75) is 0 Å². The van der Waals surface area contributed by atoms with Gasteiger partial charge in [-0.15, -0.1) is 11.3 Å². The van der Waals surface area contributed by atoms with Crippen molar-refractivity contribution in [2.75, 3.05) is 50.8 Å². The highest BCUT2D eigenvalue weighted by Gasteiger charge is 2.27. The van der Waals surface area contributed by atoms with Gasteiger partial charge >= 0.3 is 0 Å². The first-order valence-corrected chi connectivity index (χ1v) is 9.47. The number of thiophene rings is 1. The lowest BCUT2D eigenvalue weighted by molar-refractivity contribution is -0.123. The summed E-state index contributed by atoms with van der Waals surface area (Å²) in [4.78, 5) is 33.3. The molecular weight excluding hydrogens is 352 g/mol. The molecule has 0 aliphatic carbocycles. The zero-order chi connectivity index (χ0) is 17.9. The minimum absolute atomic E-state index is 0.0884. The Morgan fingerprint density at radius 1 is 1.27 bits per heavy atom. The van der Waals surface area contributed by atoms with Gasteiger partial charge < -0.3 is 19.9 Å². The van der Waals surface area contributed by atoms with Gasteiger partial charge in [0.15, 0.2) is 0 Å². The number of ether oxygens (including phenoxy) is 1. The van der Waals surface area contributed by atoms with Crippen molar-refractivity contribution in [3.05, 3.63) is 35.5 Å². The predicted molar refractivity (Wildman–Crippen MR) is 99.5 cm³/mol. The van der Waals surface area contributed by atoms with Crippen molar-refractivity contribution in [3.63, 3.8) is 0 Å². The highest BCUT2D eigenvalue weighted by molar-refractivity contribution is 7.18. The molecule has 1 N–H and O–H groups in total. The van der Waals surface area contributed by atoms with Gasteiger partial charge in [0.25, 0.3) is 5.91 Å². The van der Waals surface area contributed by atoms with E-state index < -0.39 is 0 Å². The number of rotatable bonds is 3. The minimum atomic E-state index is -0.109. The summed E-state index contributed by atoms with van der Waals surface area (Å²) in [6, 6.07) is 5.83. The van der Waals surface area contributed by atoms with Crippen LogP contribution in [0.2, 0.25) is 0 Å². The normalized spacial score (nSPS) is 17.9. The van der Waals surface area contributed by atoms with Crippen LogP contribution in [0.3, 0.4) is 0 Å². The number of anilines is 1. The summed E-state index contributed by atoms with van der Waals surface area (Å²) in [5.74, 6) is -0.198. The van der Waals surface area contributed by atoms with Gasteiger partial charge in [-0.2, -0.15) is 0 Å². The molecule has 2 amide bonds. The van der Waals surface area contributed by atoms with Gasteiger partial charge in [0.05, 0.1) is 29.6 Å². The molecule has 0 unspecified atom stereocenters. The molecular formula is C18H20N4O3S. The third-order valence-corrected chi connectivity index (χ3v) is 5.70. The molecule has 0 spiro atoms. The Hall–Kier alpha value is -2.45. The fourth-order valence-corrected chi connectivity index (χ4v) is 4.38. The summed E-state index contributed by atoms with van der Waals surface area (Å²) in [5.41, 5.74) is 2.00. The number of pyridine rings is 1. The Morgan fingerprint density at radius 3 is 2.85 bits per heavy atom. The van der Waals surface area contributed by atoms with Crippen LogP contribution in [0.1, 0.15) is 9.67 Å². The third-order valence-electron chi connectivity index (χ3n) is 4.52. The standard InChI is InChI=1S/C18H20N4O3S/c23-16-12-22(5-4-20-16)17(24)15-10-14(13-2-1-3-19-11-13)18(26-15)21-6-8-25-9-7-21/h1-3,10-11H,4-9,12H2,(H,20,23). The molecule has 7 nitrogen and oxygen atoms in total. The lowest BCUT2D eigenvalue weighted by atomic mass is 10.1. The number of carbonyl (C=O) groups excluding carboxylic acids is 2. The molecule has 2 aromatic rings. The van der Waals surface area contributed by atoms with Crippen LogP contribution in [0, 0.1) is 0 Å². The zero-order valence-corrected chi connectivity index (χ0v) is 15.1. The van der Waals surface area contributed by atoms with Crippen molar-refractivity contribution in [3.8, 4) is 11.1 Å². The average molecular weight is 372 g/mol. The Bertz CT molecular complexity index is 802. The Labute approximate surface area is 155 Å². The first kappa shape index (κ1) is 17.0. The van der Waals surface area contributed by atoms with Crippen LogP contribution in [0.25, 0.3) is 11.1 Å². The van der Waals surface area contributed by atoms with Gasteiger partial charge in [-0.05, 0) is 12.1 Å².